The van der Waals surface area contributed by atoms with Gasteiger partial charge in [0.05, 0.1) is 0 Å². The van der Waals surface area contributed by atoms with Gasteiger partial charge in [-0.3, -0.25) is 4.57 Å². The van der Waals surface area contributed by atoms with Crippen LogP contribution in [0.4, 0.5) is 0 Å². The van der Waals surface area contributed by atoms with Gasteiger partial charge in [-0.25, -0.2) is 0 Å². The van der Waals surface area contributed by atoms with Crippen LogP contribution < -0.4 is 14.7 Å². The van der Waals surface area contributed by atoms with E-state index in [1.807, 2.05) is 0 Å². The molecule has 1 unspecified atom stereocenters. The topological polar surface area (TPSA) is 49.4 Å². The van der Waals surface area contributed by atoms with Gasteiger partial charge in [0.2, 0.25) is 7.60 Å². The first-order valence-corrected chi connectivity index (χ1v) is 6.34. The molecule has 0 heterocycles. The molecule has 17 heavy (non-hydrogen) atoms. The number of benzene rings is 2. The van der Waals surface area contributed by atoms with Crippen molar-refractivity contribution in [2.24, 2.45) is 0 Å². The molecule has 2 aromatic carbocycles. The van der Waals surface area contributed by atoms with E-state index >= 15 is 0 Å². The fourth-order valence-electron chi connectivity index (χ4n) is 1.28. The second-order valence-corrected chi connectivity index (χ2v) is 4.93. The van der Waals surface area contributed by atoms with Gasteiger partial charge >= 0.3 is 37.7 Å². The summed E-state index contributed by atoms with van der Waals surface area (Å²) in [6, 6.07) is 16.6. The van der Waals surface area contributed by atoms with Crippen molar-refractivity contribution in [3.8, 4) is 5.75 Å². The summed E-state index contributed by atoms with van der Waals surface area (Å²) >= 11 is 0. The Kier molecular flexibility index (Phi) is 5.71. The molecule has 0 amide bonds. The third-order valence-corrected chi connectivity index (χ3v) is 3.42. The first-order valence-electron chi connectivity index (χ1n) is 4.80. The molecule has 0 aliphatic carbocycles. The van der Waals surface area contributed by atoms with Crippen molar-refractivity contribution >= 4 is 50.6 Å². The van der Waals surface area contributed by atoms with Crippen LogP contribution in [-0.2, 0) is 4.57 Å². The molecule has 3 nitrogen and oxygen atoms in total. The molecule has 5 heteroatoms. The molecule has 0 N–H and O–H groups in total. The van der Waals surface area contributed by atoms with E-state index in [2.05, 4.69) is 0 Å². The monoisotopic (exact) mass is 273 g/mol. The van der Waals surface area contributed by atoms with Gasteiger partial charge in [-0.05, 0) is 24.3 Å². The van der Waals surface area contributed by atoms with Gasteiger partial charge in [-0.2, -0.15) is 0 Å². The summed E-state index contributed by atoms with van der Waals surface area (Å²) in [5, 5.41) is 0.179. The summed E-state index contributed by atoms with van der Waals surface area (Å²) in [6.45, 7) is 0. The van der Waals surface area contributed by atoms with Gasteiger partial charge in [0.25, 0.3) is 0 Å². The minimum atomic E-state index is -4.02. The van der Waals surface area contributed by atoms with Gasteiger partial charge in [-0.1, -0.05) is 36.4 Å². The van der Waals surface area contributed by atoms with Crippen LogP contribution in [0.2, 0.25) is 0 Å². The molecule has 0 spiro atoms. The summed E-state index contributed by atoms with van der Waals surface area (Å²) in [5.41, 5.74) is 0. The van der Waals surface area contributed by atoms with Crippen LogP contribution in [-0.4, -0.2) is 37.7 Å². The van der Waals surface area contributed by atoms with E-state index in [0.717, 1.165) is 0 Å². The maximum atomic E-state index is 11.8. The van der Waals surface area contributed by atoms with Crippen molar-refractivity contribution in [3.63, 3.8) is 0 Å². The third-order valence-electron chi connectivity index (χ3n) is 2.04. The Labute approximate surface area is 130 Å². The van der Waals surface area contributed by atoms with Gasteiger partial charge in [0.15, 0.2) is 0 Å². The smallest absolute Gasteiger partial charge is 0.765 e. The maximum Gasteiger partial charge on any atom is 2.00 e. The summed E-state index contributed by atoms with van der Waals surface area (Å²) < 4.78 is 16.8. The van der Waals surface area contributed by atoms with E-state index in [-0.39, 0.29) is 43.0 Å². The normalized spacial score (nSPS) is 13.2. The largest absolute Gasteiger partial charge is 2.00 e. The van der Waals surface area contributed by atoms with Gasteiger partial charge in [0.1, 0.15) is 5.75 Å². The van der Waals surface area contributed by atoms with E-state index in [1.54, 1.807) is 48.5 Å². The summed E-state index contributed by atoms with van der Waals surface area (Å²) in [6.07, 6.45) is 0. The molecule has 82 valence electrons. The molecule has 0 aliphatic rings. The number of hydrogen-bond acceptors (Lipinski definition) is 3. The van der Waals surface area contributed by atoms with Gasteiger partial charge in [-0.15, -0.1) is 0 Å². The zero-order chi connectivity index (χ0) is 11.4. The van der Waals surface area contributed by atoms with Crippen LogP contribution in [0.3, 0.4) is 0 Å². The number of para-hydroxylation sites is 1. The van der Waals surface area contributed by atoms with E-state index in [4.69, 9.17) is 4.52 Å². The fraction of sp³-hybridized carbons (Fsp3) is 0. The molecule has 0 radical (unpaired) electrons. The molecule has 0 saturated heterocycles. The molecule has 0 saturated carbocycles. The molecule has 0 bridgehead atoms. The van der Waals surface area contributed by atoms with E-state index in [1.165, 1.54) is 12.1 Å². The minimum absolute atomic E-state index is 0. The standard InChI is InChI=1S/C12H11O3P.Ca/c13-16(14,12-9-5-2-6-10-12)15-11-7-3-1-4-8-11;/h1-10H,(H,13,14);/q;+2/p-1. The molecule has 2 aromatic rings. The van der Waals surface area contributed by atoms with Gasteiger partial charge < -0.3 is 9.42 Å². The second-order valence-electron chi connectivity index (χ2n) is 3.24. The first kappa shape index (κ1) is 14.7. The summed E-state index contributed by atoms with van der Waals surface area (Å²) in [5.74, 6) is 0.324. The van der Waals surface area contributed by atoms with Crippen molar-refractivity contribution in [2.75, 3.05) is 0 Å². The average Bonchev–Trinajstić information content (AvgIpc) is 2.31. The zero-order valence-electron chi connectivity index (χ0n) is 9.15. The van der Waals surface area contributed by atoms with Crippen molar-refractivity contribution < 1.29 is 14.0 Å². The van der Waals surface area contributed by atoms with Crippen molar-refractivity contribution in [1.82, 2.24) is 0 Å². The van der Waals surface area contributed by atoms with Crippen LogP contribution in [0.5, 0.6) is 5.75 Å². The van der Waals surface area contributed by atoms with E-state index in [9.17, 15) is 9.46 Å². The number of hydrogen-bond donors (Lipinski definition) is 0. The van der Waals surface area contributed by atoms with Crippen LogP contribution in [0.1, 0.15) is 0 Å². The zero-order valence-corrected chi connectivity index (χ0v) is 12.3. The molecule has 0 aromatic heterocycles. The number of rotatable bonds is 3. The predicted molar refractivity (Wildman–Crippen MR) is 66.5 cm³/mol. The molecule has 0 aliphatic heterocycles. The van der Waals surface area contributed by atoms with Crippen molar-refractivity contribution in [3.05, 3.63) is 60.7 Å². The Morgan fingerprint density at radius 1 is 0.882 bits per heavy atom. The predicted octanol–water partition coefficient (Wildman–Crippen LogP) is 1.56. The Morgan fingerprint density at radius 2 is 1.35 bits per heavy atom. The maximum absolute atomic E-state index is 11.8. The molecule has 1 atom stereocenters. The van der Waals surface area contributed by atoms with E-state index < -0.39 is 7.60 Å². The van der Waals surface area contributed by atoms with E-state index in [0.29, 0.717) is 5.75 Å². The molecular formula is C12H10CaO3P+. The SMILES string of the molecule is O=P([O-])(Oc1ccccc1)c1ccccc1.[Ca+2]. The van der Waals surface area contributed by atoms with Crippen LogP contribution >= 0.6 is 7.60 Å². The molecular weight excluding hydrogens is 263 g/mol. The van der Waals surface area contributed by atoms with Crippen molar-refractivity contribution in [2.45, 2.75) is 0 Å². The fourth-order valence-corrected chi connectivity index (χ4v) is 2.33. The Bertz CT molecular complexity index is 502. The quantitative estimate of drug-likeness (QED) is 0.630. The average molecular weight is 273 g/mol. The Morgan fingerprint density at radius 3 is 1.88 bits per heavy atom. The summed E-state index contributed by atoms with van der Waals surface area (Å²) in [7, 11) is -4.02. The minimum Gasteiger partial charge on any atom is -0.765 e. The van der Waals surface area contributed by atoms with Crippen LogP contribution in [0.25, 0.3) is 0 Å². The van der Waals surface area contributed by atoms with Crippen molar-refractivity contribution in [1.29, 1.82) is 0 Å². The summed E-state index contributed by atoms with van der Waals surface area (Å²) in [4.78, 5) is 11.8. The molecule has 2 rings (SSSR count). The Hall–Kier alpha value is -0.310. The molecule has 0 fully saturated rings. The van der Waals surface area contributed by atoms with Crippen LogP contribution in [0.15, 0.2) is 60.7 Å². The first-order chi connectivity index (χ1) is 7.68. The Balaban J connectivity index is 0.00000144. The second kappa shape index (κ2) is 6.58. The third kappa shape index (κ3) is 4.13. The van der Waals surface area contributed by atoms with Crippen LogP contribution in [0, 0.1) is 0 Å². The van der Waals surface area contributed by atoms with Gasteiger partial charge in [0, 0.05) is 5.30 Å².